The molecule has 0 N–H and O–H groups in total. The number of allylic oxidation sites excluding steroid dienone is 2. The van der Waals surface area contributed by atoms with Gasteiger partial charge in [-0.3, -0.25) is 0 Å². The van der Waals surface area contributed by atoms with Crippen molar-refractivity contribution in [1.82, 2.24) is 0 Å². The highest BCUT2D eigenvalue weighted by atomic mass is 28.2. The fraction of sp³-hybridized carbons (Fsp3) is 0.500. The van der Waals surface area contributed by atoms with E-state index in [4.69, 9.17) is 0 Å². The van der Waals surface area contributed by atoms with Crippen molar-refractivity contribution < 1.29 is 4.43 Å². The lowest BCUT2D eigenvalue weighted by Crippen LogP contribution is -2.11. The van der Waals surface area contributed by atoms with Gasteiger partial charge in [0.05, 0.1) is 0 Å². The van der Waals surface area contributed by atoms with Gasteiger partial charge in [-0.05, 0) is 48.7 Å². The molecule has 2 atom stereocenters. The Kier molecular flexibility index (Phi) is 4.08. The summed E-state index contributed by atoms with van der Waals surface area (Å²) in [6.45, 7) is 4.79. The summed E-state index contributed by atoms with van der Waals surface area (Å²) in [4.78, 5) is 0. The molecular formula is C16H24OSi. The number of rotatable bonds is 1. The normalized spacial score (nSPS) is 29.4. The third kappa shape index (κ3) is 2.32. The molecule has 0 radical (unpaired) electrons. The zero-order valence-electron chi connectivity index (χ0n) is 12.0. The largest absolute Gasteiger partial charge is 0.431 e. The Balaban J connectivity index is 0.000000367. The topological polar surface area (TPSA) is 9.23 Å². The summed E-state index contributed by atoms with van der Waals surface area (Å²) < 4.78 is 4.39. The minimum atomic E-state index is 0.524. The van der Waals surface area contributed by atoms with Crippen molar-refractivity contribution in [1.29, 1.82) is 0 Å². The molecule has 1 nitrogen and oxygen atoms in total. The molecule has 1 aromatic rings. The highest BCUT2D eigenvalue weighted by molar-refractivity contribution is 5.97. The SMILES string of the molecule is CC1=C(c2ccccc2)C2CCC1(C)C2.CO[SiH3]. The highest BCUT2D eigenvalue weighted by Crippen LogP contribution is 2.59. The molecule has 1 aromatic carbocycles. The monoisotopic (exact) mass is 260 g/mol. The first-order valence-corrected chi connectivity index (χ1v) is 7.61. The summed E-state index contributed by atoms with van der Waals surface area (Å²) in [7, 11) is 2.56. The van der Waals surface area contributed by atoms with Gasteiger partial charge >= 0.3 is 0 Å². The van der Waals surface area contributed by atoms with Crippen molar-refractivity contribution in [2.24, 2.45) is 11.3 Å². The maximum Gasteiger partial charge on any atom is 0.145 e. The van der Waals surface area contributed by atoms with Crippen molar-refractivity contribution in [2.75, 3.05) is 7.11 Å². The zero-order valence-corrected chi connectivity index (χ0v) is 14.0. The highest BCUT2D eigenvalue weighted by Gasteiger charge is 2.45. The van der Waals surface area contributed by atoms with Gasteiger partial charge in [-0.1, -0.05) is 42.8 Å². The van der Waals surface area contributed by atoms with Crippen LogP contribution >= 0.6 is 0 Å². The van der Waals surface area contributed by atoms with Gasteiger partial charge in [-0.2, -0.15) is 0 Å². The van der Waals surface area contributed by atoms with Crippen LogP contribution in [0.25, 0.3) is 5.57 Å². The Labute approximate surface area is 114 Å². The lowest BCUT2D eigenvalue weighted by Gasteiger charge is -2.25. The molecule has 2 heteroatoms. The van der Waals surface area contributed by atoms with Crippen LogP contribution in [0.1, 0.15) is 38.7 Å². The van der Waals surface area contributed by atoms with Crippen molar-refractivity contribution in [3.8, 4) is 0 Å². The standard InChI is InChI=1S/C15H18.CH6OSi/c1-11-14(12-6-4-3-5-7-12)13-8-9-15(11,2)10-13;1-2-3/h3-7,13H,8-10H2,1-2H3;1,3H3. The summed E-state index contributed by atoms with van der Waals surface area (Å²) in [6.07, 6.45) is 4.20. The maximum absolute atomic E-state index is 4.39. The lowest BCUT2D eigenvalue weighted by molar-refractivity contribution is 0.425. The lowest BCUT2D eigenvalue weighted by atomic mass is 9.80. The number of hydrogen-bond acceptors (Lipinski definition) is 1. The fourth-order valence-electron chi connectivity index (χ4n) is 3.53. The first-order chi connectivity index (χ1) is 8.62. The van der Waals surface area contributed by atoms with E-state index in [1.807, 2.05) is 0 Å². The third-order valence-corrected chi connectivity index (χ3v) is 4.54. The van der Waals surface area contributed by atoms with Crippen LogP contribution in [0.5, 0.6) is 0 Å². The second kappa shape index (κ2) is 5.41. The van der Waals surface area contributed by atoms with Crippen LogP contribution in [0, 0.1) is 11.3 Å². The molecule has 0 aromatic heterocycles. The Morgan fingerprint density at radius 2 is 1.89 bits per heavy atom. The van der Waals surface area contributed by atoms with Crippen molar-refractivity contribution in [3.05, 3.63) is 41.5 Å². The number of hydrogen-bond donors (Lipinski definition) is 0. The Morgan fingerprint density at radius 1 is 1.28 bits per heavy atom. The maximum atomic E-state index is 4.39. The fourth-order valence-corrected chi connectivity index (χ4v) is 3.53. The molecule has 0 spiro atoms. The molecular weight excluding hydrogens is 236 g/mol. The van der Waals surface area contributed by atoms with Gasteiger partial charge in [0, 0.05) is 7.11 Å². The van der Waals surface area contributed by atoms with E-state index in [0.29, 0.717) is 5.41 Å². The molecule has 2 aliphatic rings. The summed E-state index contributed by atoms with van der Waals surface area (Å²) in [5.74, 6) is 0.845. The zero-order chi connectivity index (χ0) is 13.2. The Hall–Kier alpha value is -0.863. The average molecular weight is 260 g/mol. The van der Waals surface area contributed by atoms with Gasteiger partial charge in [0.1, 0.15) is 10.5 Å². The van der Waals surface area contributed by atoms with Crippen LogP contribution in [-0.4, -0.2) is 17.6 Å². The van der Waals surface area contributed by atoms with Crippen LogP contribution < -0.4 is 0 Å². The van der Waals surface area contributed by atoms with Crippen molar-refractivity contribution >= 4 is 16.1 Å². The van der Waals surface area contributed by atoms with Gasteiger partial charge in [-0.15, -0.1) is 0 Å². The molecule has 2 unspecified atom stereocenters. The molecule has 98 valence electrons. The predicted molar refractivity (Wildman–Crippen MR) is 81.4 cm³/mol. The summed E-state index contributed by atoms with van der Waals surface area (Å²) in [5.41, 5.74) is 5.30. The first kappa shape index (κ1) is 13.6. The third-order valence-electron chi connectivity index (χ3n) is 4.54. The van der Waals surface area contributed by atoms with E-state index in [1.165, 1.54) is 24.8 Å². The van der Waals surface area contributed by atoms with E-state index in [1.54, 1.807) is 18.3 Å². The van der Waals surface area contributed by atoms with Gasteiger partial charge < -0.3 is 4.43 Å². The van der Waals surface area contributed by atoms with Crippen molar-refractivity contribution in [2.45, 2.75) is 33.1 Å². The summed E-state index contributed by atoms with van der Waals surface area (Å²) in [5, 5.41) is 0. The van der Waals surface area contributed by atoms with Crippen molar-refractivity contribution in [3.63, 3.8) is 0 Å². The minimum Gasteiger partial charge on any atom is -0.431 e. The molecule has 2 aliphatic carbocycles. The van der Waals surface area contributed by atoms with Gasteiger partial charge in [0.25, 0.3) is 0 Å². The molecule has 0 amide bonds. The molecule has 2 bridgehead atoms. The minimum absolute atomic E-state index is 0.524. The molecule has 18 heavy (non-hydrogen) atoms. The predicted octanol–water partition coefficient (Wildman–Crippen LogP) is 3.19. The van der Waals surface area contributed by atoms with E-state index in [-0.39, 0.29) is 0 Å². The molecule has 0 aliphatic heterocycles. The second-order valence-corrected chi connectivity index (χ2v) is 6.63. The van der Waals surface area contributed by atoms with Crippen LogP contribution in [0.2, 0.25) is 0 Å². The van der Waals surface area contributed by atoms with Crippen LogP contribution in [-0.2, 0) is 4.43 Å². The Morgan fingerprint density at radius 3 is 2.39 bits per heavy atom. The quantitative estimate of drug-likeness (QED) is 0.705. The van der Waals surface area contributed by atoms with E-state index in [0.717, 1.165) is 16.4 Å². The molecule has 1 fully saturated rings. The van der Waals surface area contributed by atoms with Crippen LogP contribution in [0.4, 0.5) is 0 Å². The summed E-state index contributed by atoms with van der Waals surface area (Å²) >= 11 is 0. The molecule has 0 saturated heterocycles. The van der Waals surface area contributed by atoms with E-state index < -0.39 is 0 Å². The van der Waals surface area contributed by atoms with Gasteiger partial charge in [0.15, 0.2) is 0 Å². The average Bonchev–Trinajstić information content (AvgIpc) is 2.85. The molecule has 1 saturated carbocycles. The molecule has 0 heterocycles. The molecule has 3 rings (SSSR count). The Bertz CT molecular complexity index is 438. The van der Waals surface area contributed by atoms with E-state index >= 15 is 0 Å². The van der Waals surface area contributed by atoms with Gasteiger partial charge in [-0.25, -0.2) is 0 Å². The summed E-state index contributed by atoms with van der Waals surface area (Å²) in [6, 6.07) is 11.0. The number of benzene rings is 1. The van der Waals surface area contributed by atoms with E-state index in [2.05, 4.69) is 48.6 Å². The number of fused-ring (bicyclic) bond motifs is 2. The first-order valence-electron chi connectivity index (χ1n) is 6.79. The van der Waals surface area contributed by atoms with Gasteiger partial charge in [0.2, 0.25) is 0 Å². The van der Waals surface area contributed by atoms with E-state index in [9.17, 15) is 0 Å². The smallest absolute Gasteiger partial charge is 0.145 e. The van der Waals surface area contributed by atoms with Crippen LogP contribution in [0.15, 0.2) is 35.9 Å². The van der Waals surface area contributed by atoms with Crippen LogP contribution in [0.3, 0.4) is 0 Å². The second-order valence-electron chi connectivity index (χ2n) is 5.81.